The van der Waals surface area contributed by atoms with Crippen molar-refractivity contribution in [3.8, 4) is 5.75 Å². The second-order valence-electron chi connectivity index (χ2n) is 8.41. The number of hydrogen-bond donors (Lipinski definition) is 3. The number of imide groups is 1. The molecule has 176 valence electrons. The molecule has 2 aromatic rings. The van der Waals surface area contributed by atoms with Crippen LogP contribution in [0.2, 0.25) is 0 Å². The average Bonchev–Trinajstić information content (AvgIpc) is 3.20. The van der Waals surface area contributed by atoms with Gasteiger partial charge in [0.25, 0.3) is 5.91 Å². The minimum absolute atomic E-state index is 0.0579. The zero-order valence-corrected chi connectivity index (χ0v) is 19.1. The lowest BCUT2D eigenvalue weighted by Crippen LogP contribution is -2.30. The van der Waals surface area contributed by atoms with E-state index in [1.54, 1.807) is 6.07 Å². The first kappa shape index (κ1) is 24.5. The molecule has 0 radical (unpaired) electrons. The van der Waals surface area contributed by atoms with Crippen molar-refractivity contribution >= 4 is 17.7 Å². The number of carbonyl (C=O) groups excluding carboxylic acids is 3. The second kappa shape index (κ2) is 12.2. The normalized spacial score (nSPS) is 14.5. The SMILES string of the molecule is CC(=O)NCCC1CCc2ccc(C(=O)NC(=O)CCCCOCc3ccccc3)c(O)c21. The number of rotatable bonds is 11. The van der Waals surface area contributed by atoms with Crippen LogP contribution in [0.25, 0.3) is 0 Å². The van der Waals surface area contributed by atoms with Crippen LogP contribution in [-0.4, -0.2) is 36.0 Å². The number of hydrogen-bond acceptors (Lipinski definition) is 5. The van der Waals surface area contributed by atoms with Crippen molar-refractivity contribution in [2.45, 2.75) is 58.0 Å². The molecule has 0 aliphatic heterocycles. The first-order valence-corrected chi connectivity index (χ1v) is 11.5. The number of ether oxygens (including phenoxy) is 1. The van der Waals surface area contributed by atoms with Gasteiger partial charge < -0.3 is 15.2 Å². The highest BCUT2D eigenvalue weighted by molar-refractivity contribution is 6.06. The monoisotopic (exact) mass is 452 g/mol. The summed E-state index contributed by atoms with van der Waals surface area (Å²) in [6.07, 6.45) is 3.91. The van der Waals surface area contributed by atoms with Crippen LogP contribution in [0, 0.1) is 0 Å². The predicted molar refractivity (Wildman–Crippen MR) is 125 cm³/mol. The maximum absolute atomic E-state index is 12.6. The standard InChI is InChI=1S/C26H32N2O5/c1-18(29)27-15-14-21-11-10-20-12-13-22(25(31)24(20)21)26(32)28-23(30)9-5-6-16-33-17-19-7-3-2-4-8-19/h2-4,7-8,12-13,21,31H,5-6,9-11,14-17H2,1H3,(H,27,29)(H,28,30,32). The third-order valence-corrected chi connectivity index (χ3v) is 5.90. The molecule has 0 bridgehead atoms. The van der Waals surface area contributed by atoms with E-state index in [1.807, 2.05) is 36.4 Å². The van der Waals surface area contributed by atoms with Crippen LogP contribution in [0.15, 0.2) is 42.5 Å². The van der Waals surface area contributed by atoms with Crippen molar-refractivity contribution in [3.63, 3.8) is 0 Å². The topological polar surface area (TPSA) is 105 Å². The Morgan fingerprint density at radius 3 is 2.64 bits per heavy atom. The Bertz CT molecular complexity index is 974. The van der Waals surface area contributed by atoms with Crippen molar-refractivity contribution in [1.29, 1.82) is 0 Å². The largest absolute Gasteiger partial charge is 0.507 e. The Morgan fingerprint density at radius 2 is 1.88 bits per heavy atom. The van der Waals surface area contributed by atoms with Gasteiger partial charge in [-0.3, -0.25) is 19.7 Å². The zero-order valence-electron chi connectivity index (χ0n) is 19.1. The highest BCUT2D eigenvalue weighted by Gasteiger charge is 2.28. The van der Waals surface area contributed by atoms with Gasteiger partial charge in [0.2, 0.25) is 11.8 Å². The number of carbonyl (C=O) groups is 3. The van der Waals surface area contributed by atoms with Gasteiger partial charge in [0, 0.05) is 32.1 Å². The van der Waals surface area contributed by atoms with Crippen LogP contribution >= 0.6 is 0 Å². The van der Waals surface area contributed by atoms with Gasteiger partial charge in [0.1, 0.15) is 5.75 Å². The maximum Gasteiger partial charge on any atom is 0.261 e. The van der Waals surface area contributed by atoms with E-state index in [2.05, 4.69) is 10.6 Å². The van der Waals surface area contributed by atoms with E-state index in [4.69, 9.17) is 4.74 Å². The third-order valence-electron chi connectivity index (χ3n) is 5.90. The van der Waals surface area contributed by atoms with E-state index in [9.17, 15) is 19.5 Å². The molecule has 3 rings (SSSR count). The number of nitrogens with one attached hydrogen (secondary N) is 2. The number of benzene rings is 2. The summed E-state index contributed by atoms with van der Waals surface area (Å²) in [5, 5.41) is 15.9. The molecule has 0 saturated carbocycles. The lowest BCUT2D eigenvalue weighted by molar-refractivity contribution is -0.120. The molecular formula is C26H32N2O5. The van der Waals surface area contributed by atoms with Gasteiger partial charge in [0.05, 0.1) is 12.2 Å². The van der Waals surface area contributed by atoms with Crippen molar-refractivity contribution in [3.05, 3.63) is 64.7 Å². The molecule has 0 aromatic heterocycles. The van der Waals surface area contributed by atoms with E-state index in [0.717, 1.165) is 29.5 Å². The average molecular weight is 453 g/mol. The molecule has 3 N–H and O–H groups in total. The van der Waals surface area contributed by atoms with Crippen LogP contribution in [0.1, 0.15) is 72.0 Å². The molecule has 7 heteroatoms. The Morgan fingerprint density at radius 1 is 1.09 bits per heavy atom. The van der Waals surface area contributed by atoms with Crippen molar-refractivity contribution in [2.24, 2.45) is 0 Å². The number of aryl methyl sites for hydroxylation is 1. The summed E-state index contributed by atoms with van der Waals surface area (Å²) in [5.41, 5.74) is 2.99. The molecule has 2 aromatic carbocycles. The molecular weight excluding hydrogens is 420 g/mol. The van der Waals surface area contributed by atoms with E-state index < -0.39 is 5.91 Å². The first-order valence-electron chi connectivity index (χ1n) is 11.5. The highest BCUT2D eigenvalue weighted by atomic mass is 16.5. The summed E-state index contributed by atoms with van der Waals surface area (Å²) >= 11 is 0. The molecule has 0 fully saturated rings. The summed E-state index contributed by atoms with van der Waals surface area (Å²) in [6.45, 7) is 3.07. The Labute approximate surface area is 194 Å². The lowest BCUT2D eigenvalue weighted by Gasteiger charge is -2.15. The third kappa shape index (κ3) is 7.15. The molecule has 7 nitrogen and oxygen atoms in total. The Hall–Kier alpha value is -3.19. The summed E-state index contributed by atoms with van der Waals surface area (Å²) in [6, 6.07) is 13.3. The molecule has 1 aliphatic rings. The number of fused-ring (bicyclic) bond motifs is 1. The van der Waals surface area contributed by atoms with Gasteiger partial charge in [0.15, 0.2) is 0 Å². The molecule has 1 atom stereocenters. The molecule has 33 heavy (non-hydrogen) atoms. The second-order valence-corrected chi connectivity index (χ2v) is 8.41. The van der Waals surface area contributed by atoms with E-state index >= 15 is 0 Å². The Kier molecular flexibility index (Phi) is 9.01. The maximum atomic E-state index is 12.6. The fourth-order valence-corrected chi connectivity index (χ4v) is 4.20. The molecule has 0 heterocycles. The molecule has 1 unspecified atom stereocenters. The fourth-order valence-electron chi connectivity index (χ4n) is 4.20. The van der Waals surface area contributed by atoms with Crippen molar-refractivity contribution < 1.29 is 24.2 Å². The molecule has 3 amide bonds. The molecule has 1 aliphatic carbocycles. The smallest absolute Gasteiger partial charge is 0.261 e. The summed E-state index contributed by atoms with van der Waals surface area (Å²) < 4.78 is 5.61. The molecule has 0 spiro atoms. The van der Waals surface area contributed by atoms with E-state index in [0.29, 0.717) is 39.0 Å². The highest BCUT2D eigenvalue weighted by Crippen LogP contribution is 2.42. The van der Waals surface area contributed by atoms with Crippen molar-refractivity contribution in [1.82, 2.24) is 10.6 Å². The minimum atomic E-state index is -0.590. The zero-order chi connectivity index (χ0) is 23.6. The van der Waals surface area contributed by atoms with E-state index in [-0.39, 0.29) is 35.5 Å². The van der Waals surface area contributed by atoms with Crippen LogP contribution in [-0.2, 0) is 27.4 Å². The van der Waals surface area contributed by atoms with Gasteiger partial charge in [-0.15, -0.1) is 0 Å². The quantitative estimate of drug-likeness (QED) is 0.452. The van der Waals surface area contributed by atoms with Crippen LogP contribution in [0.5, 0.6) is 5.75 Å². The van der Waals surface area contributed by atoms with Crippen LogP contribution in [0.4, 0.5) is 0 Å². The number of unbranched alkanes of at least 4 members (excludes halogenated alkanes) is 1. The summed E-state index contributed by atoms with van der Waals surface area (Å²) in [4.78, 5) is 35.9. The van der Waals surface area contributed by atoms with Gasteiger partial charge in [-0.05, 0) is 55.2 Å². The lowest BCUT2D eigenvalue weighted by atomic mass is 9.94. The van der Waals surface area contributed by atoms with Gasteiger partial charge >= 0.3 is 0 Å². The molecule has 0 saturated heterocycles. The fraction of sp³-hybridized carbons (Fsp3) is 0.423. The van der Waals surface area contributed by atoms with Crippen LogP contribution in [0.3, 0.4) is 0 Å². The van der Waals surface area contributed by atoms with E-state index in [1.165, 1.54) is 6.92 Å². The number of aromatic hydroxyl groups is 1. The minimum Gasteiger partial charge on any atom is -0.507 e. The van der Waals surface area contributed by atoms with Crippen molar-refractivity contribution in [2.75, 3.05) is 13.2 Å². The number of phenolic OH excluding ortho intramolecular Hbond substituents is 1. The summed E-state index contributed by atoms with van der Waals surface area (Å²) in [5.74, 6) is -1.03. The number of phenols is 1. The van der Waals surface area contributed by atoms with Gasteiger partial charge in [-0.1, -0.05) is 36.4 Å². The van der Waals surface area contributed by atoms with Crippen LogP contribution < -0.4 is 10.6 Å². The first-order chi connectivity index (χ1) is 16.0. The van der Waals surface area contributed by atoms with Gasteiger partial charge in [-0.2, -0.15) is 0 Å². The Balaban J connectivity index is 1.44. The predicted octanol–water partition coefficient (Wildman–Crippen LogP) is 3.59. The summed E-state index contributed by atoms with van der Waals surface area (Å²) in [7, 11) is 0. The number of amides is 3. The van der Waals surface area contributed by atoms with Gasteiger partial charge in [-0.25, -0.2) is 0 Å².